The van der Waals surface area contributed by atoms with Crippen LogP contribution in [0.4, 0.5) is 0 Å². The molecule has 1 aromatic heterocycles. The van der Waals surface area contributed by atoms with Gasteiger partial charge in [0.25, 0.3) is 0 Å². The first-order chi connectivity index (χ1) is 12.3. The highest BCUT2D eigenvalue weighted by atomic mass is 16.6. The van der Waals surface area contributed by atoms with Crippen LogP contribution < -0.4 is 5.32 Å². The van der Waals surface area contributed by atoms with Gasteiger partial charge in [0.15, 0.2) is 0 Å². The largest absolute Gasteiger partial charge is 0.469 e. The van der Waals surface area contributed by atoms with Crippen molar-refractivity contribution in [1.29, 1.82) is 0 Å². The van der Waals surface area contributed by atoms with Crippen molar-refractivity contribution in [2.24, 2.45) is 0 Å². The predicted octanol–water partition coefficient (Wildman–Crippen LogP) is 3.06. The topological polar surface area (TPSA) is 94.6 Å². The van der Waals surface area contributed by atoms with Crippen molar-refractivity contribution in [3.63, 3.8) is 0 Å². The fraction of sp³-hybridized carbons (Fsp3) is 0.421. The van der Waals surface area contributed by atoms with Crippen LogP contribution in [0.3, 0.4) is 0 Å². The summed E-state index contributed by atoms with van der Waals surface area (Å²) < 4.78 is 10.9. The third kappa shape index (κ3) is 3.62. The molecule has 2 aromatic rings. The Labute approximate surface area is 151 Å². The van der Waals surface area contributed by atoms with Crippen LogP contribution in [0.5, 0.6) is 0 Å². The molecule has 138 valence electrons. The normalized spacial score (nSPS) is 25.8. The fourth-order valence-electron chi connectivity index (χ4n) is 3.40. The second kappa shape index (κ2) is 6.92. The lowest BCUT2D eigenvalue weighted by atomic mass is 9.89. The van der Waals surface area contributed by atoms with Crippen LogP contribution in [0.2, 0.25) is 0 Å². The van der Waals surface area contributed by atoms with Gasteiger partial charge in [0.05, 0.1) is 6.26 Å². The highest BCUT2D eigenvalue weighted by Crippen LogP contribution is 2.41. The summed E-state index contributed by atoms with van der Waals surface area (Å²) in [5.74, 6) is -0.891. The van der Waals surface area contributed by atoms with Crippen molar-refractivity contribution >= 4 is 5.97 Å². The van der Waals surface area contributed by atoms with E-state index in [0.29, 0.717) is 5.76 Å². The van der Waals surface area contributed by atoms with Gasteiger partial charge in [0.2, 0.25) is 6.04 Å². The second-order valence-corrected chi connectivity index (χ2v) is 7.38. The average Bonchev–Trinajstić information content (AvgIpc) is 3.21. The minimum absolute atomic E-state index is 0.345. The molecule has 7 nitrogen and oxygen atoms in total. The van der Waals surface area contributed by atoms with E-state index in [-0.39, 0.29) is 4.92 Å². The van der Waals surface area contributed by atoms with Crippen molar-refractivity contribution in [2.45, 2.75) is 50.4 Å². The smallest absolute Gasteiger partial charge is 0.324 e. The zero-order valence-electron chi connectivity index (χ0n) is 14.9. The van der Waals surface area contributed by atoms with Crippen LogP contribution in [0.1, 0.15) is 44.1 Å². The summed E-state index contributed by atoms with van der Waals surface area (Å²) in [5.41, 5.74) is 0.0540. The first-order valence-corrected chi connectivity index (χ1v) is 8.48. The Morgan fingerprint density at radius 2 is 1.88 bits per heavy atom. The molecule has 1 aromatic carbocycles. The van der Waals surface area contributed by atoms with Crippen LogP contribution in [0.15, 0.2) is 53.1 Å². The van der Waals surface area contributed by atoms with Crippen molar-refractivity contribution in [3.05, 3.63) is 70.2 Å². The number of nitro groups is 1. The summed E-state index contributed by atoms with van der Waals surface area (Å²) in [4.78, 5) is 24.3. The molecule has 0 bridgehead atoms. The number of benzene rings is 1. The molecule has 0 unspecified atom stereocenters. The maximum absolute atomic E-state index is 12.8. The quantitative estimate of drug-likeness (QED) is 0.513. The maximum Gasteiger partial charge on any atom is 0.324 e. The van der Waals surface area contributed by atoms with E-state index >= 15 is 0 Å². The predicted molar refractivity (Wildman–Crippen MR) is 94.2 cm³/mol. The molecule has 1 fully saturated rings. The molecular weight excluding hydrogens is 336 g/mol. The zero-order chi connectivity index (χ0) is 18.9. The zero-order valence-corrected chi connectivity index (χ0v) is 14.9. The number of esters is 1. The van der Waals surface area contributed by atoms with Gasteiger partial charge in [0, 0.05) is 4.92 Å². The minimum atomic E-state index is -1.05. The number of furan rings is 1. The number of rotatable bonds is 4. The monoisotopic (exact) mass is 358 g/mol. The van der Waals surface area contributed by atoms with Gasteiger partial charge in [0.1, 0.15) is 29.4 Å². The van der Waals surface area contributed by atoms with Gasteiger partial charge in [-0.1, -0.05) is 30.3 Å². The summed E-state index contributed by atoms with van der Waals surface area (Å²) in [5, 5.41) is 15.0. The van der Waals surface area contributed by atoms with Gasteiger partial charge in [-0.3, -0.25) is 20.2 Å². The summed E-state index contributed by atoms with van der Waals surface area (Å²) in [6.07, 6.45) is 1.45. The summed E-state index contributed by atoms with van der Waals surface area (Å²) in [6, 6.07) is 9.86. The molecule has 1 aliphatic rings. The SMILES string of the molecule is CC(C)(C)OC(=O)[C@H]1N[C@@H](c2ccccc2)[C@@H]([N+](=O)[O-])[C@@H]1c1ccco1. The third-order valence-corrected chi connectivity index (χ3v) is 4.36. The Hall–Kier alpha value is -2.67. The first kappa shape index (κ1) is 18.1. The lowest BCUT2D eigenvalue weighted by molar-refractivity contribution is -0.527. The molecule has 0 radical (unpaired) electrons. The number of hydrogen-bond donors (Lipinski definition) is 1. The van der Waals surface area contributed by atoms with Gasteiger partial charge in [-0.2, -0.15) is 0 Å². The number of nitrogens with zero attached hydrogens (tertiary/aromatic N) is 1. The fourth-order valence-corrected chi connectivity index (χ4v) is 3.40. The van der Waals surface area contributed by atoms with Gasteiger partial charge >= 0.3 is 5.97 Å². The molecule has 4 atom stereocenters. The van der Waals surface area contributed by atoms with Crippen molar-refractivity contribution in [2.75, 3.05) is 0 Å². The highest BCUT2D eigenvalue weighted by molar-refractivity contribution is 5.78. The van der Waals surface area contributed by atoms with E-state index in [1.807, 2.05) is 30.3 Å². The molecule has 0 amide bonds. The van der Waals surface area contributed by atoms with Crippen LogP contribution in [0, 0.1) is 10.1 Å². The molecule has 0 saturated carbocycles. The summed E-state index contributed by atoms with van der Waals surface area (Å²) >= 11 is 0. The van der Waals surface area contributed by atoms with Crippen LogP contribution in [-0.4, -0.2) is 28.6 Å². The Bertz CT molecular complexity index is 767. The molecule has 26 heavy (non-hydrogen) atoms. The minimum Gasteiger partial charge on any atom is -0.469 e. The van der Waals surface area contributed by atoms with Crippen LogP contribution in [0.25, 0.3) is 0 Å². The molecule has 1 aliphatic heterocycles. The molecule has 0 aliphatic carbocycles. The molecule has 2 heterocycles. The van der Waals surface area contributed by atoms with Gasteiger partial charge < -0.3 is 9.15 Å². The number of ether oxygens (including phenoxy) is 1. The number of carbonyl (C=O) groups is 1. The lowest BCUT2D eigenvalue weighted by Gasteiger charge is -2.24. The van der Waals surface area contributed by atoms with Gasteiger partial charge in [-0.05, 0) is 38.5 Å². The second-order valence-electron chi connectivity index (χ2n) is 7.38. The molecule has 1 N–H and O–H groups in total. The molecule has 1 saturated heterocycles. The van der Waals surface area contributed by atoms with E-state index < -0.39 is 35.6 Å². The van der Waals surface area contributed by atoms with E-state index in [4.69, 9.17) is 9.15 Å². The summed E-state index contributed by atoms with van der Waals surface area (Å²) in [6.45, 7) is 5.30. The Kier molecular flexibility index (Phi) is 4.82. The molecule has 3 rings (SSSR count). The van der Waals surface area contributed by atoms with Gasteiger partial charge in [-0.15, -0.1) is 0 Å². The Morgan fingerprint density at radius 3 is 2.42 bits per heavy atom. The van der Waals surface area contributed by atoms with E-state index in [1.165, 1.54) is 6.26 Å². The van der Waals surface area contributed by atoms with Gasteiger partial charge in [-0.25, -0.2) is 0 Å². The third-order valence-electron chi connectivity index (χ3n) is 4.36. The molecule has 7 heteroatoms. The van der Waals surface area contributed by atoms with E-state index in [2.05, 4.69) is 5.32 Å². The number of nitrogens with one attached hydrogen (secondary N) is 1. The number of carbonyl (C=O) groups excluding carboxylic acids is 1. The molecular formula is C19H22N2O5. The average molecular weight is 358 g/mol. The van der Waals surface area contributed by atoms with Crippen LogP contribution >= 0.6 is 0 Å². The first-order valence-electron chi connectivity index (χ1n) is 8.48. The Morgan fingerprint density at radius 1 is 1.19 bits per heavy atom. The van der Waals surface area contributed by atoms with E-state index in [0.717, 1.165) is 5.56 Å². The molecule has 0 spiro atoms. The highest BCUT2D eigenvalue weighted by Gasteiger charge is 2.56. The van der Waals surface area contributed by atoms with Crippen molar-refractivity contribution in [3.8, 4) is 0 Å². The van der Waals surface area contributed by atoms with Crippen molar-refractivity contribution in [1.82, 2.24) is 5.32 Å². The van der Waals surface area contributed by atoms with E-state index in [9.17, 15) is 14.9 Å². The maximum atomic E-state index is 12.8. The Balaban J connectivity index is 2.02. The van der Waals surface area contributed by atoms with Crippen molar-refractivity contribution < 1.29 is 18.9 Å². The standard InChI is InChI=1S/C19H22N2O5/c1-19(2,3)26-18(22)16-14(13-10-7-11-25-13)17(21(23)24)15(20-16)12-8-5-4-6-9-12/h4-11,14-17,20H,1-3H3/t14-,15+,16+,17+/m1/s1. The number of hydrogen-bond acceptors (Lipinski definition) is 6. The lowest BCUT2D eigenvalue weighted by Crippen LogP contribution is -2.41. The van der Waals surface area contributed by atoms with Crippen LogP contribution in [-0.2, 0) is 9.53 Å². The summed E-state index contributed by atoms with van der Waals surface area (Å²) in [7, 11) is 0. The van der Waals surface area contributed by atoms with E-state index in [1.54, 1.807) is 32.9 Å².